The molecule has 3 rings (SSSR count). The first-order chi connectivity index (χ1) is 13.9. The van der Waals surface area contributed by atoms with E-state index in [0.29, 0.717) is 17.8 Å². The van der Waals surface area contributed by atoms with Gasteiger partial charge in [-0.25, -0.2) is 0 Å². The van der Waals surface area contributed by atoms with Gasteiger partial charge in [0.15, 0.2) is 0 Å². The van der Waals surface area contributed by atoms with Gasteiger partial charge in [-0.3, -0.25) is 9.59 Å². The normalized spacial score (nSPS) is 10.8. The summed E-state index contributed by atoms with van der Waals surface area (Å²) in [6, 6.07) is 19.6. The highest BCUT2D eigenvalue weighted by molar-refractivity contribution is 6.02. The predicted octanol–water partition coefficient (Wildman–Crippen LogP) is 4.43. The Morgan fingerprint density at radius 1 is 0.966 bits per heavy atom. The van der Waals surface area contributed by atoms with Gasteiger partial charge < -0.3 is 15.5 Å². The third-order valence-corrected chi connectivity index (χ3v) is 4.83. The van der Waals surface area contributed by atoms with E-state index in [1.54, 1.807) is 6.07 Å². The van der Waals surface area contributed by atoms with E-state index in [4.69, 9.17) is 0 Å². The number of carbonyl (C=O) groups excluding carboxylic acids is 2. The summed E-state index contributed by atoms with van der Waals surface area (Å²) < 4.78 is 0. The molecule has 2 N–H and O–H groups in total. The van der Waals surface area contributed by atoms with Gasteiger partial charge in [0.2, 0.25) is 5.91 Å². The first-order valence-electron chi connectivity index (χ1n) is 9.74. The van der Waals surface area contributed by atoms with Crippen molar-refractivity contribution in [2.24, 2.45) is 5.92 Å². The van der Waals surface area contributed by atoms with Crippen LogP contribution in [0.2, 0.25) is 0 Å². The molecular weight excluding hydrogens is 362 g/mol. The average Bonchev–Trinajstić information content (AvgIpc) is 2.71. The standard InChI is InChI=1S/C24H27N3O2/c1-16(2)23(28)26-19-12-13-22(27(3)4)21(14-19)24(29)25-15-18-10-7-9-17-8-5-6-11-20(17)18/h5-14,16H,15H2,1-4H3,(H,25,29)(H,26,28). The summed E-state index contributed by atoms with van der Waals surface area (Å²) in [6.45, 7) is 4.10. The maximum atomic E-state index is 13.0. The average molecular weight is 389 g/mol. The minimum absolute atomic E-state index is 0.0790. The van der Waals surface area contributed by atoms with E-state index in [1.807, 2.05) is 69.2 Å². The van der Waals surface area contributed by atoms with Gasteiger partial charge in [0.1, 0.15) is 0 Å². The lowest BCUT2D eigenvalue weighted by atomic mass is 10.0. The molecule has 0 unspecified atom stereocenters. The molecule has 0 radical (unpaired) electrons. The molecule has 0 aliphatic rings. The lowest BCUT2D eigenvalue weighted by Gasteiger charge is -2.19. The molecule has 5 heteroatoms. The molecule has 0 heterocycles. The molecule has 0 bridgehead atoms. The third-order valence-electron chi connectivity index (χ3n) is 4.83. The van der Waals surface area contributed by atoms with Crippen molar-refractivity contribution in [3.05, 3.63) is 71.8 Å². The minimum Gasteiger partial charge on any atom is -0.377 e. The number of carbonyl (C=O) groups is 2. The monoisotopic (exact) mass is 389 g/mol. The van der Waals surface area contributed by atoms with Gasteiger partial charge in [-0.15, -0.1) is 0 Å². The second-order valence-corrected chi connectivity index (χ2v) is 7.59. The van der Waals surface area contributed by atoms with E-state index in [9.17, 15) is 9.59 Å². The van der Waals surface area contributed by atoms with Crippen LogP contribution >= 0.6 is 0 Å². The number of nitrogens with zero attached hydrogens (tertiary/aromatic N) is 1. The van der Waals surface area contributed by atoms with Crippen molar-refractivity contribution in [3.8, 4) is 0 Å². The first kappa shape index (κ1) is 20.4. The Hall–Kier alpha value is -3.34. The van der Waals surface area contributed by atoms with E-state index in [0.717, 1.165) is 22.0 Å². The molecule has 5 nitrogen and oxygen atoms in total. The van der Waals surface area contributed by atoms with E-state index in [2.05, 4.69) is 28.8 Å². The predicted molar refractivity (Wildman–Crippen MR) is 119 cm³/mol. The number of hydrogen-bond donors (Lipinski definition) is 2. The fourth-order valence-electron chi connectivity index (χ4n) is 3.19. The van der Waals surface area contributed by atoms with Crippen molar-refractivity contribution < 1.29 is 9.59 Å². The second-order valence-electron chi connectivity index (χ2n) is 7.59. The van der Waals surface area contributed by atoms with Crippen LogP contribution in [0.15, 0.2) is 60.7 Å². The zero-order valence-electron chi connectivity index (χ0n) is 17.3. The van der Waals surface area contributed by atoms with Crippen molar-refractivity contribution in [2.75, 3.05) is 24.3 Å². The van der Waals surface area contributed by atoms with Gasteiger partial charge in [0.25, 0.3) is 5.91 Å². The van der Waals surface area contributed by atoms with Crippen molar-refractivity contribution in [1.82, 2.24) is 5.32 Å². The molecule has 0 atom stereocenters. The van der Waals surface area contributed by atoms with Crippen LogP contribution in [0.25, 0.3) is 10.8 Å². The van der Waals surface area contributed by atoms with Gasteiger partial charge in [-0.1, -0.05) is 56.3 Å². The highest BCUT2D eigenvalue weighted by Crippen LogP contribution is 2.24. The molecule has 3 aromatic carbocycles. The highest BCUT2D eigenvalue weighted by atomic mass is 16.2. The lowest BCUT2D eigenvalue weighted by Crippen LogP contribution is -2.26. The Kier molecular flexibility index (Phi) is 6.17. The lowest BCUT2D eigenvalue weighted by molar-refractivity contribution is -0.118. The first-order valence-corrected chi connectivity index (χ1v) is 9.74. The summed E-state index contributed by atoms with van der Waals surface area (Å²) in [5.41, 5.74) is 3.00. The van der Waals surface area contributed by atoms with Crippen molar-refractivity contribution in [3.63, 3.8) is 0 Å². The molecule has 0 aliphatic carbocycles. The zero-order chi connectivity index (χ0) is 21.0. The van der Waals surface area contributed by atoms with Crippen molar-refractivity contribution in [1.29, 1.82) is 0 Å². The summed E-state index contributed by atoms with van der Waals surface area (Å²) in [4.78, 5) is 26.9. The van der Waals surface area contributed by atoms with Crippen LogP contribution in [0.5, 0.6) is 0 Å². The number of benzene rings is 3. The van der Waals surface area contributed by atoms with Gasteiger partial charge in [-0.2, -0.15) is 0 Å². The van der Waals surface area contributed by atoms with E-state index < -0.39 is 0 Å². The van der Waals surface area contributed by atoms with E-state index >= 15 is 0 Å². The number of amides is 2. The van der Waals surface area contributed by atoms with Crippen LogP contribution in [0.4, 0.5) is 11.4 Å². The molecule has 29 heavy (non-hydrogen) atoms. The molecule has 150 valence electrons. The van der Waals surface area contributed by atoms with Crippen LogP contribution in [0.1, 0.15) is 29.8 Å². The number of nitrogens with one attached hydrogen (secondary N) is 2. The Labute approximate surface area is 171 Å². The maximum absolute atomic E-state index is 13.0. The third kappa shape index (κ3) is 4.74. The molecule has 0 saturated carbocycles. The summed E-state index contributed by atoms with van der Waals surface area (Å²) in [5, 5.41) is 8.16. The largest absolute Gasteiger partial charge is 0.377 e. The Morgan fingerprint density at radius 2 is 1.69 bits per heavy atom. The molecule has 0 spiro atoms. The molecule has 0 saturated heterocycles. The fourth-order valence-corrected chi connectivity index (χ4v) is 3.19. The summed E-state index contributed by atoms with van der Waals surface area (Å²) in [5.74, 6) is -0.390. The van der Waals surface area contributed by atoms with Crippen LogP contribution in [0.3, 0.4) is 0 Å². The number of anilines is 2. The quantitative estimate of drug-likeness (QED) is 0.656. The van der Waals surface area contributed by atoms with Crippen LogP contribution in [0, 0.1) is 5.92 Å². The van der Waals surface area contributed by atoms with Crippen LogP contribution < -0.4 is 15.5 Å². The summed E-state index contributed by atoms with van der Waals surface area (Å²) in [6.07, 6.45) is 0. The maximum Gasteiger partial charge on any atom is 0.253 e. The molecule has 0 aliphatic heterocycles. The Bertz CT molecular complexity index is 1040. The van der Waals surface area contributed by atoms with Crippen molar-refractivity contribution in [2.45, 2.75) is 20.4 Å². The smallest absolute Gasteiger partial charge is 0.253 e. The SMILES string of the molecule is CC(C)C(=O)Nc1ccc(N(C)C)c(C(=O)NCc2cccc3ccccc23)c1. The fraction of sp³-hybridized carbons (Fsp3) is 0.250. The minimum atomic E-state index is -0.178. The zero-order valence-corrected chi connectivity index (χ0v) is 17.3. The Balaban J connectivity index is 1.84. The highest BCUT2D eigenvalue weighted by Gasteiger charge is 2.16. The Morgan fingerprint density at radius 3 is 2.41 bits per heavy atom. The molecular formula is C24H27N3O2. The van der Waals surface area contributed by atoms with Gasteiger partial charge >= 0.3 is 0 Å². The van der Waals surface area contributed by atoms with Crippen LogP contribution in [-0.4, -0.2) is 25.9 Å². The summed E-state index contributed by atoms with van der Waals surface area (Å²) >= 11 is 0. The van der Waals surface area contributed by atoms with Crippen LogP contribution in [-0.2, 0) is 11.3 Å². The molecule has 0 fully saturated rings. The van der Waals surface area contributed by atoms with Gasteiger partial charge in [-0.05, 0) is 34.5 Å². The number of hydrogen-bond acceptors (Lipinski definition) is 3. The topological polar surface area (TPSA) is 61.4 Å². The van der Waals surface area contributed by atoms with E-state index in [-0.39, 0.29) is 17.7 Å². The van der Waals surface area contributed by atoms with Gasteiger partial charge in [0.05, 0.1) is 5.56 Å². The molecule has 3 aromatic rings. The van der Waals surface area contributed by atoms with Crippen molar-refractivity contribution >= 4 is 34.0 Å². The number of fused-ring (bicyclic) bond motifs is 1. The van der Waals surface area contributed by atoms with E-state index in [1.165, 1.54) is 0 Å². The molecule has 0 aromatic heterocycles. The number of rotatable bonds is 6. The van der Waals surface area contributed by atoms with Gasteiger partial charge in [0, 0.05) is 37.9 Å². The molecule has 2 amide bonds. The summed E-state index contributed by atoms with van der Waals surface area (Å²) in [7, 11) is 3.78. The second kappa shape index (κ2) is 8.78.